The Morgan fingerprint density at radius 1 is 1.16 bits per heavy atom. The second-order valence-electron chi connectivity index (χ2n) is 5.73. The Kier molecular flexibility index (Phi) is 5.16. The molecule has 0 radical (unpaired) electrons. The van der Waals surface area contributed by atoms with Gasteiger partial charge in [0.1, 0.15) is 12.4 Å². The van der Waals surface area contributed by atoms with Gasteiger partial charge in [0.05, 0.1) is 5.92 Å². The lowest BCUT2D eigenvalue weighted by atomic mass is 10.1. The maximum absolute atomic E-state index is 12.0. The average Bonchev–Trinajstić information content (AvgIpc) is 2.97. The van der Waals surface area contributed by atoms with E-state index in [-0.39, 0.29) is 25.5 Å². The van der Waals surface area contributed by atoms with Crippen LogP contribution in [0.1, 0.15) is 12.0 Å². The van der Waals surface area contributed by atoms with Crippen molar-refractivity contribution in [2.75, 3.05) is 11.4 Å². The number of carboxylic acid groups (broad SMARTS) is 1. The van der Waals surface area contributed by atoms with E-state index in [2.05, 4.69) is 0 Å². The molecule has 25 heavy (non-hydrogen) atoms. The number of amides is 1. The van der Waals surface area contributed by atoms with Crippen molar-refractivity contribution >= 4 is 40.8 Å². The van der Waals surface area contributed by atoms with E-state index in [1.54, 1.807) is 42.5 Å². The van der Waals surface area contributed by atoms with E-state index in [9.17, 15) is 9.59 Å². The third-order valence-corrected chi connectivity index (χ3v) is 4.78. The second-order valence-corrected chi connectivity index (χ2v) is 6.54. The van der Waals surface area contributed by atoms with Crippen molar-refractivity contribution in [3.63, 3.8) is 0 Å². The van der Waals surface area contributed by atoms with Crippen LogP contribution in [-0.4, -0.2) is 23.5 Å². The lowest BCUT2D eigenvalue weighted by Gasteiger charge is -2.17. The first-order chi connectivity index (χ1) is 12.0. The van der Waals surface area contributed by atoms with E-state index in [4.69, 9.17) is 33.0 Å². The predicted molar refractivity (Wildman–Crippen MR) is 95.3 cm³/mol. The van der Waals surface area contributed by atoms with E-state index in [0.717, 1.165) is 0 Å². The van der Waals surface area contributed by atoms with Crippen molar-refractivity contribution in [3.8, 4) is 5.75 Å². The van der Waals surface area contributed by atoms with Gasteiger partial charge >= 0.3 is 5.97 Å². The molecule has 1 fully saturated rings. The third-order valence-electron chi connectivity index (χ3n) is 4.07. The van der Waals surface area contributed by atoms with Gasteiger partial charge in [-0.25, -0.2) is 0 Å². The number of carbonyl (C=O) groups excluding carboxylic acids is 1. The van der Waals surface area contributed by atoms with Crippen molar-refractivity contribution in [2.45, 2.75) is 13.0 Å². The first-order valence-corrected chi connectivity index (χ1v) is 8.40. The molecule has 1 saturated heterocycles. The van der Waals surface area contributed by atoms with Crippen LogP contribution < -0.4 is 9.64 Å². The summed E-state index contributed by atoms with van der Waals surface area (Å²) in [6, 6.07) is 12.2. The van der Waals surface area contributed by atoms with Crippen molar-refractivity contribution in [1.29, 1.82) is 0 Å². The molecule has 0 saturated carbocycles. The fourth-order valence-corrected chi connectivity index (χ4v) is 3.18. The minimum absolute atomic E-state index is 0.0264. The number of carbonyl (C=O) groups is 2. The molecule has 0 bridgehead atoms. The van der Waals surface area contributed by atoms with Crippen LogP contribution in [0.25, 0.3) is 0 Å². The Labute approximate surface area is 154 Å². The van der Waals surface area contributed by atoms with Crippen LogP contribution >= 0.6 is 23.2 Å². The van der Waals surface area contributed by atoms with Crippen LogP contribution in [0.5, 0.6) is 5.75 Å². The van der Waals surface area contributed by atoms with Gasteiger partial charge in [-0.3, -0.25) is 9.59 Å². The van der Waals surface area contributed by atoms with Crippen LogP contribution in [0.2, 0.25) is 10.0 Å². The molecule has 1 aliphatic heterocycles. The summed E-state index contributed by atoms with van der Waals surface area (Å²) in [5.41, 5.74) is 1.35. The molecule has 0 aromatic heterocycles. The largest absolute Gasteiger partial charge is 0.489 e. The molecule has 1 amide bonds. The number of carboxylic acids is 1. The molecular weight excluding hydrogens is 365 g/mol. The van der Waals surface area contributed by atoms with E-state index < -0.39 is 11.9 Å². The summed E-state index contributed by atoms with van der Waals surface area (Å²) in [4.78, 5) is 24.5. The molecule has 1 heterocycles. The Bertz CT molecular complexity index is 787. The van der Waals surface area contributed by atoms with Crippen LogP contribution in [0.15, 0.2) is 42.5 Å². The SMILES string of the molecule is O=C(O)[C@@H]1CC(=O)N(c2ccc(OCc3c(Cl)cccc3Cl)cc2)C1. The maximum Gasteiger partial charge on any atom is 0.308 e. The molecule has 1 aliphatic rings. The zero-order valence-corrected chi connectivity index (χ0v) is 14.6. The lowest BCUT2D eigenvalue weighted by molar-refractivity contribution is -0.141. The zero-order valence-electron chi connectivity index (χ0n) is 13.1. The molecule has 3 rings (SSSR count). The predicted octanol–water partition coefficient (Wildman–Crippen LogP) is 4.01. The Hall–Kier alpha value is -2.24. The topological polar surface area (TPSA) is 66.8 Å². The summed E-state index contributed by atoms with van der Waals surface area (Å²) in [5, 5.41) is 10.1. The van der Waals surface area contributed by atoms with Crippen LogP contribution in [0.3, 0.4) is 0 Å². The number of ether oxygens (including phenoxy) is 1. The molecule has 2 aromatic carbocycles. The van der Waals surface area contributed by atoms with E-state index in [1.807, 2.05) is 0 Å². The summed E-state index contributed by atoms with van der Waals surface area (Å²) in [6.45, 7) is 0.408. The number of hydrogen-bond donors (Lipinski definition) is 1. The molecular formula is C18H15Cl2NO4. The van der Waals surface area contributed by atoms with Gasteiger partial charge in [-0.15, -0.1) is 0 Å². The van der Waals surface area contributed by atoms with E-state index in [0.29, 0.717) is 27.0 Å². The molecule has 1 atom stereocenters. The highest BCUT2D eigenvalue weighted by atomic mass is 35.5. The van der Waals surface area contributed by atoms with Gasteiger partial charge in [0.25, 0.3) is 0 Å². The van der Waals surface area contributed by atoms with Gasteiger partial charge in [-0.05, 0) is 36.4 Å². The smallest absolute Gasteiger partial charge is 0.308 e. The number of rotatable bonds is 5. The number of halogens is 2. The Morgan fingerprint density at radius 3 is 2.36 bits per heavy atom. The molecule has 2 aromatic rings. The third kappa shape index (κ3) is 3.89. The summed E-state index contributed by atoms with van der Waals surface area (Å²) in [6.07, 6.45) is 0.0264. The number of hydrogen-bond acceptors (Lipinski definition) is 3. The summed E-state index contributed by atoms with van der Waals surface area (Å²) >= 11 is 12.2. The molecule has 0 aliphatic carbocycles. The Balaban J connectivity index is 1.67. The van der Waals surface area contributed by atoms with Gasteiger partial charge in [0.15, 0.2) is 0 Å². The highest BCUT2D eigenvalue weighted by Gasteiger charge is 2.34. The van der Waals surface area contributed by atoms with Crippen molar-refractivity contribution in [1.82, 2.24) is 0 Å². The van der Waals surface area contributed by atoms with Gasteiger partial charge in [-0.2, -0.15) is 0 Å². The molecule has 5 nitrogen and oxygen atoms in total. The minimum atomic E-state index is -0.951. The summed E-state index contributed by atoms with van der Waals surface area (Å²) < 4.78 is 5.69. The molecule has 7 heteroatoms. The second kappa shape index (κ2) is 7.33. The van der Waals surface area contributed by atoms with E-state index in [1.165, 1.54) is 4.90 Å². The fourth-order valence-electron chi connectivity index (χ4n) is 2.67. The first kappa shape index (κ1) is 17.6. The quantitative estimate of drug-likeness (QED) is 0.851. The monoisotopic (exact) mass is 379 g/mol. The zero-order chi connectivity index (χ0) is 18.0. The van der Waals surface area contributed by atoms with Crippen molar-refractivity contribution in [2.24, 2.45) is 5.92 Å². The minimum Gasteiger partial charge on any atom is -0.489 e. The molecule has 1 N–H and O–H groups in total. The first-order valence-electron chi connectivity index (χ1n) is 7.64. The molecule has 0 spiro atoms. The molecule has 130 valence electrons. The van der Waals surface area contributed by atoms with Crippen LogP contribution in [-0.2, 0) is 16.2 Å². The fraction of sp³-hybridized carbons (Fsp3) is 0.222. The summed E-state index contributed by atoms with van der Waals surface area (Å²) in [7, 11) is 0. The standard InChI is InChI=1S/C18H15Cl2NO4/c19-15-2-1-3-16(20)14(15)10-25-13-6-4-12(5-7-13)21-9-11(18(23)24)8-17(21)22/h1-7,11H,8-10H2,(H,23,24)/t11-/m1/s1. The van der Waals surface area contributed by atoms with E-state index >= 15 is 0 Å². The van der Waals surface area contributed by atoms with Gasteiger partial charge in [0, 0.05) is 34.3 Å². The molecule has 0 unspecified atom stereocenters. The van der Waals surface area contributed by atoms with Crippen LogP contribution in [0, 0.1) is 5.92 Å². The average molecular weight is 380 g/mol. The van der Waals surface area contributed by atoms with Gasteiger partial charge in [-0.1, -0.05) is 29.3 Å². The van der Waals surface area contributed by atoms with Crippen molar-refractivity contribution in [3.05, 3.63) is 58.1 Å². The number of benzene rings is 2. The lowest BCUT2D eigenvalue weighted by Crippen LogP contribution is -2.25. The number of nitrogens with zero attached hydrogens (tertiary/aromatic N) is 1. The summed E-state index contributed by atoms with van der Waals surface area (Å²) in [5.74, 6) is -1.21. The van der Waals surface area contributed by atoms with Gasteiger partial charge < -0.3 is 14.7 Å². The number of anilines is 1. The highest BCUT2D eigenvalue weighted by molar-refractivity contribution is 6.35. The maximum atomic E-state index is 12.0. The number of aliphatic carboxylic acids is 1. The van der Waals surface area contributed by atoms with Crippen LogP contribution in [0.4, 0.5) is 5.69 Å². The van der Waals surface area contributed by atoms with Gasteiger partial charge in [0.2, 0.25) is 5.91 Å². The normalized spacial score (nSPS) is 17.0. The van der Waals surface area contributed by atoms with Crippen molar-refractivity contribution < 1.29 is 19.4 Å². The Morgan fingerprint density at radius 2 is 1.80 bits per heavy atom. The highest BCUT2D eigenvalue weighted by Crippen LogP contribution is 2.29.